The quantitative estimate of drug-likeness (QED) is 0.615. The first kappa shape index (κ1) is 17.9. The molecule has 2 amide bonds. The van der Waals surface area contributed by atoms with E-state index in [0.717, 1.165) is 12.8 Å². The Labute approximate surface area is 140 Å². The summed E-state index contributed by atoms with van der Waals surface area (Å²) in [5.74, 6) is -0.631. The molecule has 0 radical (unpaired) electrons. The average Bonchev–Trinajstić information content (AvgIpc) is 2.61. The Bertz CT molecular complexity index is 626. The Morgan fingerprint density at radius 2 is 2.00 bits per heavy atom. The molecule has 1 unspecified atom stereocenters. The molecule has 1 heterocycles. The van der Waals surface area contributed by atoms with Crippen LogP contribution in [0.15, 0.2) is 24.3 Å². The Hall–Kier alpha value is -2.48. The van der Waals surface area contributed by atoms with Gasteiger partial charge in [0.15, 0.2) is 0 Å². The van der Waals surface area contributed by atoms with Crippen molar-refractivity contribution in [3.8, 4) is 0 Å². The number of amides is 2. The number of carbonyl (C=O) groups excluding carboxylic acids is 2. The van der Waals surface area contributed by atoms with Crippen molar-refractivity contribution in [3.05, 3.63) is 39.9 Å². The van der Waals surface area contributed by atoms with Gasteiger partial charge in [-0.05, 0) is 32.9 Å². The molecule has 0 bridgehead atoms. The lowest BCUT2D eigenvalue weighted by Crippen LogP contribution is -2.51. The highest BCUT2D eigenvalue weighted by Gasteiger charge is 2.26. The number of hydrogen-bond donors (Lipinski definition) is 2. The van der Waals surface area contributed by atoms with Crippen molar-refractivity contribution in [2.24, 2.45) is 0 Å². The minimum atomic E-state index is -0.678. The molecule has 2 N–H and O–H groups in total. The van der Waals surface area contributed by atoms with E-state index in [1.54, 1.807) is 11.8 Å². The van der Waals surface area contributed by atoms with Crippen LogP contribution in [0.4, 0.5) is 5.69 Å². The Morgan fingerprint density at radius 3 is 2.58 bits per heavy atom. The number of nitrogens with zero attached hydrogens (tertiary/aromatic N) is 2. The maximum Gasteiger partial charge on any atom is 0.270 e. The van der Waals surface area contributed by atoms with Gasteiger partial charge in [0.05, 0.1) is 4.92 Å². The third-order valence-corrected chi connectivity index (χ3v) is 4.25. The Kier molecular flexibility index (Phi) is 5.86. The lowest BCUT2D eigenvalue weighted by Gasteiger charge is -2.33. The zero-order valence-electron chi connectivity index (χ0n) is 13.8. The summed E-state index contributed by atoms with van der Waals surface area (Å²) >= 11 is 0. The molecule has 0 saturated carbocycles. The van der Waals surface area contributed by atoms with Crippen molar-refractivity contribution >= 4 is 17.5 Å². The van der Waals surface area contributed by atoms with Crippen molar-refractivity contribution in [2.45, 2.75) is 31.8 Å². The molecule has 1 aromatic rings. The van der Waals surface area contributed by atoms with Gasteiger partial charge in [-0.3, -0.25) is 19.7 Å². The van der Waals surface area contributed by atoms with Gasteiger partial charge in [-0.1, -0.05) is 6.07 Å². The zero-order chi connectivity index (χ0) is 17.7. The first-order chi connectivity index (χ1) is 11.4. The second kappa shape index (κ2) is 7.87. The van der Waals surface area contributed by atoms with Gasteiger partial charge in [-0.2, -0.15) is 0 Å². The van der Waals surface area contributed by atoms with Gasteiger partial charge in [0, 0.05) is 36.8 Å². The van der Waals surface area contributed by atoms with Gasteiger partial charge in [0.25, 0.3) is 11.6 Å². The molecule has 0 aromatic heterocycles. The van der Waals surface area contributed by atoms with Crippen LogP contribution in [-0.4, -0.2) is 53.9 Å². The number of hydrogen-bond acceptors (Lipinski definition) is 5. The Balaban J connectivity index is 1.95. The summed E-state index contributed by atoms with van der Waals surface area (Å²) < 4.78 is 0. The normalized spacial score (nSPS) is 16.5. The van der Waals surface area contributed by atoms with E-state index in [4.69, 9.17) is 0 Å². The predicted molar refractivity (Wildman–Crippen MR) is 88.7 cm³/mol. The number of nitrogens with one attached hydrogen (secondary N) is 2. The van der Waals surface area contributed by atoms with Gasteiger partial charge in [-0.25, -0.2) is 0 Å². The average molecular weight is 334 g/mol. The minimum Gasteiger partial charge on any atom is -0.341 e. The molecule has 8 heteroatoms. The summed E-state index contributed by atoms with van der Waals surface area (Å²) in [6.07, 6.45) is 1.77. The highest BCUT2D eigenvalue weighted by molar-refractivity contribution is 5.97. The summed E-state index contributed by atoms with van der Waals surface area (Å²) in [6, 6.07) is 5.19. The molecule has 1 fully saturated rings. The van der Waals surface area contributed by atoms with Crippen molar-refractivity contribution in [1.82, 2.24) is 15.5 Å². The molecular weight excluding hydrogens is 312 g/mol. The number of nitro groups is 1. The zero-order valence-corrected chi connectivity index (χ0v) is 13.8. The molecule has 1 aromatic carbocycles. The molecule has 0 aliphatic carbocycles. The van der Waals surface area contributed by atoms with Gasteiger partial charge in [0.1, 0.15) is 6.04 Å². The summed E-state index contributed by atoms with van der Waals surface area (Å²) in [7, 11) is 1.91. The number of carbonyl (C=O) groups is 2. The van der Waals surface area contributed by atoms with E-state index in [9.17, 15) is 19.7 Å². The van der Waals surface area contributed by atoms with E-state index >= 15 is 0 Å². The van der Waals surface area contributed by atoms with Crippen LogP contribution >= 0.6 is 0 Å². The number of non-ortho nitro benzene ring substituents is 1. The third-order valence-electron chi connectivity index (χ3n) is 4.25. The van der Waals surface area contributed by atoms with Crippen LogP contribution in [0.2, 0.25) is 0 Å². The number of piperidine rings is 1. The molecule has 0 spiro atoms. The van der Waals surface area contributed by atoms with Crippen molar-refractivity contribution in [2.75, 3.05) is 20.1 Å². The SMILES string of the molecule is CNC1CCN(C(=O)C(C)NC(=O)c2cccc([N+](=O)[O-])c2)CC1. The van der Waals surface area contributed by atoms with E-state index in [1.807, 2.05) is 7.05 Å². The van der Waals surface area contributed by atoms with Gasteiger partial charge in [0.2, 0.25) is 5.91 Å². The first-order valence-electron chi connectivity index (χ1n) is 7.93. The first-order valence-corrected chi connectivity index (χ1v) is 7.93. The molecule has 24 heavy (non-hydrogen) atoms. The molecule has 1 aliphatic heterocycles. The molecular formula is C16H22N4O4. The fourth-order valence-corrected chi connectivity index (χ4v) is 2.76. The molecule has 130 valence electrons. The molecule has 1 aliphatic rings. The lowest BCUT2D eigenvalue weighted by atomic mass is 10.0. The van der Waals surface area contributed by atoms with E-state index in [1.165, 1.54) is 24.3 Å². The molecule has 1 saturated heterocycles. The Morgan fingerprint density at radius 1 is 1.33 bits per heavy atom. The van der Waals surface area contributed by atoms with Crippen molar-refractivity contribution < 1.29 is 14.5 Å². The fraction of sp³-hybridized carbons (Fsp3) is 0.500. The number of nitro benzene ring substituents is 1. The fourth-order valence-electron chi connectivity index (χ4n) is 2.76. The maximum absolute atomic E-state index is 12.4. The van der Waals surface area contributed by atoms with Gasteiger partial charge >= 0.3 is 0 Å². The topological polar surface area (TPSA) is 105 Å². The largest absolute Gasteiger partial charge is 0.341 e. The highest BCUT2D eigenvalue weighted by atomic mass is 16.6. The van der Waals surface area contributed by atoms with Crippen molar-refractivity contribution in [1.29, 1.82) is 0 Å². The standard InChI is InChI=1S/C16H22N4O4/c1-11(16(22)19-8-6-13(17-2)7-9-19)18-15(21)12-4-3-5-14(10-12)20(23)24/h3-5,10-11,13,17H,6-9H2,1-2H3,(H,18,21). The third kappa shape index (κ3) is 4.29. The minimum absolute atomic E-state index is 0.136. The second-order valence-electron chi connectivity index (χ2n) is 5.89. The number of likely N-dealkylation sites (tertiary alicyclic amines) is 1. The van der Waals surface area contributed by atoms with Crippen LogP contribution in [-0.2, 0) is 4.79 Å². The van der Waals surface area contributed by atoms with Crippen LogP contribution in [0.5, 0.6) is 0 Å². The molecule has 1 atom stereocenters. The van der Waals surface area contributed by atoms with Crippen LogP contribution in [0.1, 0.15) is 30.1 Å². The summed E-state index contributed by atoms with van der Waals surface area (Å²) in [4.78, 5) is 36.6. The van der Waals surface area contributed by atoms with E-state index in [-0.39, 0.29) is 17.2 Å². The number of rotatable bonds is 5. The predicted octanol–water partition coefficient (Wildman–Crippen LogP) is 0.924. The van der Waals surface area contributed by atoms with Crippen LogP contribution in [0.3, 0.4) is 0 Å². The van der Waals surface area contributed by atoms with Gasteiger partial charge < -0.3 is 15.5 Å². The van der Waals surface area contributed by atoms with Gasteiger partial charge in [-0.15, -0.1) is 0 Å². The van der Waals surface area contributed by atoms with E-state index in [0.29, 0.717) is 19.1 Å². The van der Waals surface area contributed by atoms with E-state index in [2.05, 4.69) is 10.6 Å². The summed E-state index contributed by atoms with van der Waals surface area (Å²) in [6.45, 7) is 2.93. The maximum atomic E-state index is 12.4. The van der Waals surface area contributed by atoms with E-state index < -0.39 is 16.9 Å². The lowest BCUT2D eigenvalue weighted by molar-refractivity contribution is -0.384. The monoisotopic (exact) mass is 334 g/mol. The van der Waals surface area contributed by atoms with Crippen LogP contribution < -0.4 is 10.6 Å². The molecule has 2 rings (SSSR count). The summed E-state index contributed by atoms with van der Waals surface area (Å²) in [5.41, 5.74) is 0.00788. The smallest absolute Gasteiger partial charge is 0.270 e. The summed E-state index contributed by atoms with van der Waals surface area (Å²) in [5, 5.41) is 16.6. The van der Waals surface area contributed by atoms with Crippen LogP contribution in [0, 0.1) is 10.1 Å². The van der Waals surface area contributed by atoms with Crippen molar-refractivity contribution in [3.63, 3.8) is 0 Å². The molecule has 8 nitrogen and oxygen atoms in total. The second-order valence-corrected chi connectivity index (χ2v) is 5.89. The highest BCUT2D eigenvalue weighted by Crippen LogP contribution is 2.14. The van der Waals surface area contributed by atoms with Crippen LogP contribution in [0.25, 0.3) is 0 Å². The number of benzene rings is 1.